The van der Waals surface area contributed by atoms with Crippen LogP contribution in [0.2, 0.25) is 0 Å². The molecule has 2 N–H and O–H groups in total. The molecular weight excluding hydrogens is 321 g/mol. The average Bonchev–Trinajstić information content (AvgIpc) is 2.95. The number of anilines is 2. The van der Waals surface area contributed by atoms with Crippen molar-refractivity contribution in [2.45, 2.75) is 19.0 Å². The van der Waals surface area contributed by atoms with Crippen LogP contribution >= 0.6 is 0 Å². The Morgan fingerprint density at radius 2 is 1.79 bits per heavy atom. The largest absolute Gasteiger partial charge is 0.455 e. The van der Waals surface area contributed by atoms with Gasteiger partial charge in [0.2, 0.25) is 5.91 Å². The first kappa shape index (κ1) is 16.2. The van der Waals surface area contributed by atoms with Crippen molar-refractivity contribution in [2.75, 3.05) is 17.2 Å². The number of halogens is 3. The van der Waals surface area contributed by atoms with E-state index in [0.29, 0.717) is 30.1 Å². The van der Waals surface area contributed by atoms with Gasteiger partial charge in [-0.25, -0.2) is 0 Å². The lowest BCUT2D eigenvalue weighted by Crippen LogP contribution is -2.23. The molecule has 0 unspecified atom stereocenters. The van der Waals surface area contributed by atoms with Gasteiger partial charge in [-0.1, -0.05) is 0 Å². The number of rotatable bonds is 3. The highest BCUT2D eigenvalue weighted by Crippen LogP contribution is 2.34. The second-order valence-electron chi connectivity index (χ2n) is 5.50. The van der Waals surface area contributed by atoms with E-state index in [1.54, 1.807) is 23.1 Å². The molecule has 1 saturated heterocycles. The fourth-order valence-corrected chi connectivity index (χ4v) is 2.56. The van der Waals surface area contributed by atoms with Crippen LogP contribution < -0.4 is 15.4 Å². The number of nitrogen functional groups attached to an aromatic ring is 1. The molecule has 1 aliphatic heterocycles. The number of carbonyl (C=O) groups excluding carboxylic acids is 1. The van der Waals surface area contributed by atoms with Crippen molar-refractivity contribution in [1.29, 1.82) is 0 Å². The highest BCUT2D eigenvalue weighted by molar-refractivity contribution is 5.95. The molecule has 2 aromatic rings. The molecule has 126 valence electrons. The third-order valence-corrected chi connectivity index (χ3v) is 3.79. The highest BCUT2D eigenvalue weighted by Gasteiger charge is 2.30. The van der Waals surface area contributed by atoms with Gasteiger partial charge in [-0.3, -0.25) is 4.79 Å². The van der Waals surface area contributed by atoms with Gasteiger partial charge in [0.1, 0.15) is 11.5 Å². The van der Waals surface area contributed by atoms with Gasteiger partial charge in [0.05, 0.1) is 11.3 Å². The van der Waals surface area contributed by atoms with Gasteiger partial charge in [0, 0.05) is 18.7 Å². The Kier molecular flexibility index (Phi) is 4.09. The van der Waals surface area contributed by atoms with Crippen molar-refractivity contribution < 1.29 is 22.7 Å². The Balaban J connectivity index is 1.77. The Bertz CT molecular complexity index is 757. The van der Waals surface area contributed by atoms with Gasteiger partial charge in [-0.05, 0) is 48.9 Å². The molecule has 0 aromatic heterocycles. The zero-order valence-corrected chi connectivity index (χ0v) is 12.6. The first-order chi connectivity index (χ1) is 11.3. The average molecular weight is 336 g/mol. The van der Waals surface area contributed by atoms with E-state index >= 15 is 0 Å². The molecule has 1 fully saturated rings. The summed E-state index contributed by atoms with van der Waals surface area (Å²) in [5.74, 6) is 0.621. The summed E-state index contributed by atoms with van der Waals surface area (Å²) in [5.41, 5.74) is 6.20. The summed E-state index contributed by atoms with van der Waals surface area (Å²) in [6.07, 6.45) is -3.06. The molecule has 0 bridgehead atoms. The molecule has 1 amide bonds. The van der Waals surface area contributed by atoms with E-state index in [1.165, 1.54) is 12.1 Å². The van der Waals surface area contributed by atoms with Crippen LogP contribution in [0, 0.1) is 0 Å². The molecule has 4 nitrogen and oxygen atoms in total. The maximum absolute atomic E-state index is 12.5. The Labute approximate surface area is 136 Å². The third kappa shape index (κ3) is 3.29. The molecule has 0 saturated carbocycles. The van der Waals surface area contributed by atoms with E-state index in [1.807, 2.05) is 0 Å². The standard InChI is InChI=1S/C17H15F3N2O2/c18-17(19,20)11-3-6-13(7-4-11)24-15-8-5-12(10-14(15)21)22-9-1-2-16(22)23/h3-8,10H,1-2,9,21H2. The van der Waals surface area contributed by atoms with E-state index in [0.717, 1.165) is 18.6 Å². The molecule has 24 heavy (non-hydrogen) atoms. The summed E-state index contributed by atoms with van der Waals surface area (Å²) >= 11 is 0. The van der Waals surface area contributed by atoms with Crippen LogP contribution in [0.1, 0.15) is 18.4 Å². The highest BCUT2D eigenvalue weighted by atomic mass is 19.4. The van der Waals surface area contributed by atoms with E-state index in [4.69, 9.17) is 10.5 Å². The van der Waals surface area contributed by atoms with Crippen molar-refractivity contribution >= 4 is 17.3 Å². The molecular formula is C17H15F3N2O2. The van der Waals surface area contributed by atoms with E-state index in [9.17, 15) is 18.0 Å². The molecule has 7 heteroatoms. The second kappa shape index (κ2) is 6.07. The number of ether oxygens (including phenoxy) is 1. The molecule has 1 aliphatic rings. The van der Waals surface area contributed by atoms with Gasteiger partial charge < -0.3 is 15.4 Å². The summed E-state index contributed by atoms with van der Waals surface area (Å²) in [6, 6.07) is 9.31. The van der Waals surface area contributed by atoms with Crippen LogP contribution in [0.4, 0.5) is 24.5 Å². The Morgan fingerprint density at radius 1 is 1.08 bits per heavy atom. The van der Waals surface area contributed by atoms with Gasteiger partial charge in [0.25, 0.3) is 0 Å². The van der Waals surface area contributed by atoms with Crippen LogP contribution in [0.15, 0.2) is 42.5 Å². The number of carbonyl (C=O) groups is 1. The van der Waals surface area contributed by atoms with Crippen LogP contribution in [-0.4, -0.2) is 12.5 Å². The van der Waals surface area contributed by atoms with Gasteiger partial charge in [-0.15, -0.1) is 0 Å². The van der Waals surface area contributed by atoms with E-state index < -0.39 is 11.7 Å². The minimum absolute atomic E-state index is 0.0470. The number of nitrogens with two attached hydrogens (primary N) is 1. The summed E-state index contributed by atoms with van der Waals surface area (Å²) in [5, 5.41) is 0. The van der Waals surface area contributed by atoms with Crippen molar-refractivity contribution in [2.24, 2.45) is 0 Å². The van der Waals surface area contributed by atoms with Crippen LogP contribution in [0.25, 0.3) is 0 Å². The topological polar surface area (TPSA) is 55.6 Å². The van der Waals surface area contributed by atoms with E-state index in [-0.39, 0.29) is 11.7 Å². The lowest BCUT2D eigenvalue weighted by atomic mass is 10.2. The fourth-order valence-electron chi connectivity index (χ4n) is 2.56. The molecule has 0 radical (unpaired) electrons. The minimum Gasteiger partial charge on any atom is -0.455 e. The second-order valence-corrected chi connectivity index (χ2v) is 5.50. The first-order valence-electron chi connectivity index (χ1n) is 7.39. The number of nitrogens with zero attached hydrogens (tertiary/aromatic N) is 1. The number of hydrogen-bond donors (Lipinski definition) is 1. The minimum atomic E-state index is -4.39. The molecule has 0 atom stereocenters. The normalized spacial score (nSPS) is 15.0. The lowest BCUT2D eigenvalue weighted by molar-refractivity contribution is -0.137. The maximum Gasteiger partial charge on any atom is 0.416 e. The lowest BCUT2D eigenvalue weighted by Gasteiger charge is -2.17. The van der Waals surface area contributed by atoms with Gasteiger partial charge in [-0.2, -0.15) is 13.2 Å². The summed E-state index contributed by atoms with van der Waals surface area (Å²) in [6.45, 7) is 0.650. The third-order valence-electron chi connectivity index (χ3n) is 3.79. The summed E-state index contributed by atoms with van der Waals surface area (Å²) < 4.78 is 43.2. The zero-order chi connectivity index (χ0) is 17.3. The van der Waals surface area contributed by atoms with Crippen molar-refractivity contribution in [3.05, 3.63) is 48.0 Å². The van der Waals surface area contributed by atoms with Gasteiger partial charge in [0.15, 0.2) is 0 Å². The summed E-state index contributed by atoms with van der Waals surface area (Å²) in [4.78, 5) is 13.4. The number of alkyl halides is 3. The monoisotopic (exact) mass is 336 g/mol. The summed E-state index contributed by atoms with van der Waals surface area (Å²) in [7, 11) is 0. The Morgan fingerprint density at radius 3 is 2.33 bits per heavy atom. The molecule has 3 rings (SSSR count). The number of hydrogen-bond acceptors (Lipinski definition) is 3. The number of amides is 1. The van der Waals surface area contributed by atoms with Crippen molar-refractivity contribution in [3.63, 3.8) is 0 Å². The molecule has 2 aromatic carbocycles. The zero-order valence-electron chi connectivity index (χ0n) is 12.6. The SMILES string of the molecule is Nc1cc(N2CCCC2=O)ccc1Oc1ccc(C(F)(F)F)cc1. The van der Waals surface area contributed by atoms with E-state index in [2.05, 4.69) is 0 Å². The molecule has 0 spiro atoms. The van der Waals surface area contributed by atoms with Crippen LogP contribution in [0.5, 0.6) is 11.5 Å². The molecule has 1 heterocycles. The van der Waals surface area contributed by atoms with Crippen LogP contribution in [-0.2, 0) is 11.0 Å². The van der Waals surface area contributed by atoms with Crippen molar-refractivity contribution in [3.8, 4) is 11.5 Å². The predicted octanol–water partition coefficient (Wildman–Crippen LogP) is 4.21. The Hall–Kier alpha value is -2.70. The molecule has 0 aliphatic carbocycles. The first-order valence-corrected chi connectivity index (χ1v) is 7.39. The smallest absolute Gasteiger partial charge is 0.416 e. The predicted molar refractivity (Wildman–Crippen MR) is 84.0 cm³/mol. The van der Waals surface area contributed by atoms with Crippen LogP contribution in [0.3, 0.4) is 0 Å². The quantitative estimate of drug-likeness (QED) is 0.855. The fraction of sp³-hybridized carbons (Fsp3) is 0.235. The van der Waals surface area contributed by atoms with Crippen molar-refractivity contribution in [1.82, 2.24) is 0 Å². The maximum atomic E-state index is 12.5. The van der Waals surface area contributed by atoms with Gasteiger partial charge >= 0.3 is 6.18 Å². The number of benzene rings is 2.